The van der Waals surface area contributed by atoms with Crippen molar-refractivity contribution in [2.24, 2.45) is 0 Å². The van der Waals surface area contributed by atoms with Crippen molar-refractivity contribution in [3.05, 3.63) is 40.4 Å². The van der Waals surface area contributed by atoms with Crippen molar-refractivity contribution in [2.45, 2.75) is 18.9 Å². The second-order valence-electron chi connectivity index (χ2n) is 7.55. The first kappa shape index (κ1) is 35.4. The van der Waals surface area contributed by atoms with Gasteiger partial charge in [-0.2, -0.15) is 26.3 Å². The van der Waals surface area contributed by atoms with Crippen molar-refractivity contribution >= 4 is 35.1 Å². The second kappa shape index (κ2) is 16.0. The maximum Gasteiger partial charge on any atom is 0.490 e. The first-order chi connectivity index (χ1) is 18.9. The van der Waals surface area contributed by atoms with Gasteiger partial charge in [0.05, 0.1) is 23.9 Å². The lowest BCUT2D eigenvalue weighted by Crippen LogP contribution is -2.40. The standard InChI is InChI=1S/C16H20ClFN6O3.2C2HF3O2/c17-12-9-11(1-2-13(12)18)24(25)16(19)15-14(21-27-22-15)10-20-3-4-23-5-7-26-8-6-23;2*3-2(4,5)1(6)7/h1-2,9,19-20,25H,3-8,10H2;2*(H,6,7). The van der Waals surface area contributed by atoms with Crippen LogP contribution in [-0.2, 0) is 20.9 Å². The number of carboxylic acid groups (broad SMARTS) is 2. The van der Waals surface area contributed by atoms with Gasteiger partial charge in [0, 0.05) is 32.7 Å². The van der Waals surface area contributed by atoms with Crippen LogP contribution in [0.3, 0.4) is 0 Å². The topological polar surface area (TPSA) is 185 Å². The average Bonchev–Trinajstić information content (AvgIpc) is 3.36. The van der Waals surface area contributed by atoms with E-state index in [9.17, 15) is 35.9 Å². The van der Waals surface area contributed by atoms with Gasteiger partial charge in [-0.3, -0.25) is 15.5 Å². The third-order valence-electron chi connectivity index (χ3n) is 4.63. The summed E-state index contributed by atoms with van der Waals surface area (Å²) in [6.45, 7) is 5.20. The normalized spacial score (nSPS) is 13.8. The summed E-state index contributed by atoms with van der Waals surface area (Å²) in [5, 5.41) is 43.7. The molecule has 2 aromatic rings. The highest BCUT2D eigenvalue weighted by Crippen LogP contribution is 2.23. The van der Waals surface area contributed by atoms with Crippen LogP contribution in [0.15, 0.2) is 22.8 Å². The van der Waals surface area contributed by atoms with Gasteiger partial charge in [0.2, 0.25) is 0 Å². The molecule has 0 unspecified atom stereocenters. The zero-order valence-electron chi connectivity index (χ0n) is 20.5. The van der Waals surface area contributed by atoms with Gasteiger partial charge >= 0.3 is 24.3 Å². The fourth-order valence-corrected chi connectivity index (χ4v) is 2.79. The molecule has 1 aromatic carbocycles. The molecule has 1 saturated heterocycles. The molecule has 0 radical (unpaired) electrons. The largest absolute Gasteiger partial charge is 0.490 e. The van der Waals surface area contributed by atoms with E-state index in [4.69, 9.17) is 46.2 Å². The van der Waals surface area contributed by atoms with Gasteiger partial charge in [-0.25, -0.2) is 23.7 Å². The highest BCUT2D eigenvalue weighted by molar-refractivity contribution is 6.31. The molecule has 1 aliphatic heterocycles. The molecule has 0 spiro atoms. The molecule has 0 saturated carbocycles. The lowest BCUT2D eigenvalue weighted by molar-refractivity contribution is -0.193. The number of anilines is 1. The first-order valence-electron chi connectivity index (χ1n) is 10.9. The van der Waals surface area contributed by atoms with E-state index < -0.39 is 30.1 Å². The summed E-state index contributed by atoms with van der Waals surface area (Å²) in [5.74, 6) is -6.49. The van der Waals surface area contributed by atoms with E-state index in [2.05, 4.69) is 20.5 Å². The minimum atomic E-state index is -5.08. The zero-order valence-corrected chi connectivity index (χ0v) is 21.2. The van der Waals surface area contributed by atoms with Gasteiger partial charge < -0.3 is 20.3 Å². The van der Waals surface area contributed by atoms with Gasteiger partial charge in [0.25, 0.3) is 0 Å². The van der Waals surface area contributed by atoms with E-state index in [0.29, 0.717) is 17.3 Å². The number of alkyl halides is 6. The maximum absolute atomic E-state index is 13.3. The second-order valence-corrected chi connectivity index (χ2v) is 7.96. The Morgan fingerprint density at radius 1 is 1.07 bits per heavy atom. The number of amidine groups is 1. The van der Waals surface area contributed by atoms with Gasteiger partial charge in [-0.15, -0.1) is 0 Å². The number of hydrogen-bond donors (Lipinski definition) is 5. The summed E-state index contributed by atoms with van der Waals surface area (Å²) in [5.41, 5.74) is 0.590. The van der Waals surface area contributed by atoms with E-state index in [1.54, 1.807) is 0 Å². The van der Waals surface area contributed by atoms with Crippen molar-refractivity contribution in [3.8, 4) is 0 Å². The number of hydrogen-bond acceptors (Lipinski definition) is 10. The maximum atomic E-state index is 13.3. The van der Waals surface area contributed by atoms with Gasteiger partial charge in [0.1, 0.15) is 11.5 Å². The van der Waals surface area contributed by atoms with Crippen LogP contribution in [0.5, 0.6) is 0 Å². The third-order valence-corrected chi connectivity index (χ3v) is 4.92. The summed E-state index contributed by atoms with van der Waals surface area (Å²) in [6, 6.07) is 3.60. The minimum Gasteiger partial charge on any atom is -0.475 e. The summed E-state index contributed by atoms with van der Waals surface area (Å²) >= 11 is 5.72. The Hall–Kier alpha value is -3.59. The number of morpholine rings is 1. The van der Waals surface area contributed by atoms with Crippen LogP contribution in [0.1, 0.15) is 11.4 Å². The Morgan fingerprint density at radius 3 is 2.10 bits per heavy atom. The van der Waals surface area contributed by atoms with Gasteiger partial charge in [-0.1, -0.05) is 16.8 Å². The minimum absolute atomic E-state index is 0.0804. The van der Waals surface area contributed by atoms with Crippen LogP contribution in [0.4, 0.5) is 36.4 Å². The molecule has 5 N–H and O–H groups in total. The number of ether oxygens (including phenoxy) is 1. The van der Waals surface area contributed by atoms with Crippen molar-refractivity contribution in [3.63, 3.8) is 0 Å². The predicted molar refractivity (Wildman–Crippen MR) is 123 cm³/mol. The summed E-state index contributed by atoms with van der Waals surface area (Å²) < 4.78 is 86.8. The molecule has 1 fully saturated rings. The molecule has 230 valence electrons. The number of rotatable bonds is 7. The van der Waals surface area contributed by atoms with Gasteiger partial charge in [0.15, 0.2) is 11.5 Å². The average molecular weight is 627 g/mol. The molecule has 1 aliphatic rings. The number of aliphatic carboxylic acids is 2. The molecule has 0 amide bonds. The molecular formula is C20H22ClF7N6O7. The highest BCUT2D eigenvalue weighted by atomic mass is 35.5. The molecule has 41 heavy (non-hydrogen) atoms. The summed E-state index contributed by atoms with van der Waals surface area (Å²) in [6.07, 6.45) is -10.2. The van der Waals surface area contributed by atoms with Crippen LogP contribution >= 0.6 is 11.6 Å². The zero-order chi connectivity index (χ0) is 31.4. The third kappa shape index (κ3) is 12.6. The Kier molecular flexibility index (Phi) is 13.8. The lowest BCUT2D eigenvalue weighted by atomic mass is 10.2. The van der Waals surface area contributed by atoms with Crippen LogP contribution in [0.2, 0.25) is 5.02 Å². The monoisotopic (exact) mass is 626 g/mol. The van der Waals surface area contributed by atoms with E-state index >= 15 is 0 Å². The number of carbonyl (C=O) groups is 2. The molecule has 0 atom stereocenters. The molecule has 3 rings (SSSR count). The number of nitrogens with zero attached hydrogens (tertiary/aromatic N) is 4. The number of hydroxylamine groups is 1. The molecule has 1 aromatic heterocycles. The molecule has 0 bridgehead atoms. The van der Waals surface area contributed by atoms with Crippen molar-refractivity contribution in [1.29, 1.82) is 5.41 Å². The fraction of sp³-hybridized carbons (Fsp3) is 0.450. The smallest absolute Gasteiger partial charge is 0.475 e. The van der Waals surface area contributed by atoms with Crippen molar-refractivity contribution < 1.29 is 65.1 Å². The number of nitrogens with one attached hydrogen (secondary N) is 2. The molecule has 0 aliphatic carbocycles. The van der Waals surface area contributed by atoms with E-state index in [1.807, 2.05) is 0 Å². The SMILES string of the molecule is N=C(c1nonc1CNCCN1CCOCC1)N(O)c1ccc(F)c(Cl)c1.O=C(O)C(F)(F)F.O=C(O)C(F)(F)F. The first-order valence-corrected chi connectivity index (χ1v) is 11.3. The van der Waals surface area contributed by atoms with E-state index in [1.165, 1.54) is 12.1 Å². The Bertz CT molecular complexity index is 1140. The Morgan fingerprint density at radius 2 is 1.61 bits per heavy atom. The number of benzene rings is 1. The summed E-state index contributed by atoms with van der Waals surface area (Å²) in [4.78, 5) is 20.1. The summed E-state index contributed by atoms with van der Waals surface area (Å²) in [7, 11) is 0. The number of halogens is 8. The predicted octanol–water partition coefficient (Wildman–Crippen LogP) is 2.77. The Labute approximate surface area is 230 Å². The lowest BCUT2D eigenvalue weighted by Gasteiger charge is -2.26. The van der Waals surface area contributed by atoms with Crippen LogP contribution < -0.4 is 10.4 Å². The van der Waals surface area contributed by atoms with Crippen LogP contribution in [0.25, 0.3) is 0 Å². The fourth-order valence-electron chi connectivity index (χ4n) is 2.62. The molecule has 13 nitrogen and oxygen atoms in total. The number of carboxylic acids is 2. The molecule has 21 heteroatoms. The quantitative estimate of drug-likeness (QED) is 0.0997. The Balaban J connectivity index is 0.000000497. The van der Waals surface area contributed by atoms with Gasteiger partial charge in [-0.05, 0) is 23.4 Å². The van der Waals surface area contributed by atoms with Crippen LogP contribution in [-0.4, -0.2) is 100 Å². The molecular weight excluding hydrogens is 605 g/mol. The van der Waals surface area contributed by atoms with E-state index in [0.717, 1.165) is 45.5 Å². The van der Waals surface area contributed by atoms with Crippen molar-refractivity contribution in [2.75, 3.05) is 44.5 Å². The van der Waals surface area contributed by atoms with Crippen LogP contribution in [0, 0.1) is 11.2 Å². The number of aromatic nitrogens is 2. The highest BCUT2D eigenvalue weighted by Gasteiger charge is 2.38. The van der Waals surface area contributed by atoms with E-state index in [-0.39, 0.29) is 22.2 Å². The van der Waals surface area contributed by atoms with Crippen molar-refractivity contribution in [1.82, 2.24) is 20.5 Å². The molecule has 2 heterocycles.